The van der Waals surface area contributed by atoms with Gasteiger partial charge in [0.15, 0.2) is 5.96 Å². The number of benzene rings is 2. The highest BCUT2D eigenvalue weighted by Gasteiger charge is 2.24. The summed E-state index contributed by atoms with van der Waals surface area (Å²) < 4.78 is 5.10. The molecule has 168 valence electrons. The second kappa shape index (κ2) is 13.2. The summed E-state index contributed by atoms with van der Waals surface area (Å²) in [6.45, 7) is 4.39. The van der Waals surface area contributed by atoms with Gasteiger partial charge in [0, 0.05) is 38.6 Å². The van der Waals surface area contributed by atoms with Gasteiger partial charge in [-0.1, -0.05) is 60.7 Å². The van der Waals surface area contributed by atoms with Crippen LogP contribution in [0.4, 0.5) is 4.79 Å². The first-order valence-electron chi connectivity index (χ1n) is 10.7. The lowest BCUT2D eigenvalue weighted by Crippen LogP contribution is -2.50. The maximum atomic E-state index is 11.9. The molecule has 0 atom stereocenters. The molecule has 0 saturated carbocycles. The van der Waals surface area contributed by atoms with E-state index < -0.39 is 0 Å². The SMILES string of the molecule is CCOC(=O)N1CCC(NC(=NC)NCC(c2ccccc2)c2ccccc2)CC1.I. The fourth-order valence-electron chi connectivity index (χ4n) is 3.81. The first-order chi connectivity index (χ1) is 14.7. The molecule has 7 heteroatoms. The topological polar surface area (TPSA) is 66.0 Å². The third-order valence-electron chi connectivity index (χ3n) is 5.46. The van der Waals surface area contributed by atoms with Crippen LogP contribution >= 0.6 is 24.0 Å². The van der Waals surface area contributed by atoms with E-state index in [-0.39, 0.29) is 42.0 Å². The standard InChI is InChI=1S/C24H32N4O2.HI/c1-3-30-24(29)28-16-14-21(15-17-28)27-23(25-2)26-18-22(19-10-6-4-7-11-19)20-12-8-5-9-13-20;/h4-13,21-22H,3,14-18H2,1-2H3,(H2,25,26,27);1H. The molecule has 1 aliphatic heterocycles. The third kappa shape index (κ3) is 7.41. The maximum Gasteiger partial charge on any atom is 0.409 e. The number of likely N-dealkylation sites (tertiary alicyclic amines) is 1. The van der Waals surface area contributed by atoms with Crippen LogP contribution in [0.2, 0.25) is 0 Å². The van der Waals surface area contributed by atoms with Gasteiger partial charge in [-0.05, 0) is 30.9 Å². The Kier molecular flexibility index (Phi) is 10.6. The van der Waals surface area contributed by atoms with Crippen LogP contribution in [-0.2, 0) is 4.74 Å². The van der Waals surface area contributed by atoms with Crippen LogP contribution < -0.4 is 10.6 Å². The Morgan fingerprint density at radius 3 is 2.10 bits per heavy atom. The molecule has 0 bridgehead atoms. The summed E-state index contributed by atoms with van der Waals surface area (Å²) in [7, 11) is 1.79. The number of guanidine groups is 1. The van der Waals surface area contributed by atoms with Crippen LogP contribution in [0.5, 0.6) is 0 Å². The summed E-state index contributed by atoms with van der Waals surface area (Å²) in [6.07, 6.45) is 1.53. The lowest BCUT2D eigenvalue weighted by atomic mass is 9.91. The normalized spacial score (nSPS) is 14.7. The highest BCUT2D eigenvalue weighted by Crippen LogP contribution is 2.23. The van der Waals surface area contributed by atoms with Crippen molar-refractivity contribution in [2.45, 2.75) is 31.7 Å². The lowest BCUT2D eigenvalue weighted by Gasteiger charge is -2.32. The van der Waals surface area contributed by atoms with Crippen molar-refractivity contribution in [3.05, 3.63) is 71.8 Å². The van der Waals surface area contributed by atoms with E-state index in [0.717, 1.165) is 25.3 Å². The van der Waals surface area contributed by atoms with E-state index >= 15 is 0 Å². The summed E-state index contributed by atoms with van der Waals surface area (Å²) >= 11 is 0. The predicted octanol–water partition coefficient (Wildman–Crippen LogP) is 4.22. The van der Waals surface area contributed by atoms with Gasteiger partial charge >= 0.3 is 6.09 Å². The Hall–Kier alpha value is -2.29. The number of piperidine rings is 1. The average molecular weight is 536 g/mol. The summed E-state index contributed by atoms with van der Waals surface area (Å²) in [4.78, 5) is 18.1. The Morgan fingerprint density at radius 1 is 1.06 bits per heavy atom. The van der Waals surface area contributed by atoms with Crippen LogP contribution in [0.25, 0.3) is 0 Å². The van der Waals surface area contributed by atoms with Crippen molar-refractivity contribution in [2.75, 3.05) is 33.3 Å². The number of ether oxygens (including phenoxy) is 1. The van der Waals surface area contributed by atoms with Crippen molar-refractivity contribution in [3.8, 4) is 0 Å². The third-order valence-corrected chi connectivity index (χ3v) is 5.46. The van der Waals surface area contributed by atoms with E-state index in [1.165, 1.54) is 11.1 Å². The predicted molar refractivity (Wildman–Crippen MR) is 136 cm³/mol. The van der Waals surface area contributed by atoms with E-state index in [2.05, 4.69) is 64.2 Å². The molecule has 0 spiro atoms. The Balaban J connectivity index is 0.00000341. The zero-order valence-corrected chi connectivity index (χ0v) is 20.6. The van der Waals surface area contributed by atoms with Crippen molar-refractivity contribution < 1.29 is 9.53 Å². The number of rotatable bonds is 6. The van der Waals surface area contributed by atoms with Gasteiger partial charge in [0.05, 0.1) is 6.61 Å². The number of nitrogens with one attached hydrogen (secondary N) is 2. The molecule has 1 heterocycles. The molecular weight excluding hydrogens is 503 g/mol. The molecule has 1 amide bonds. The molecule has 1 fully saturated rings. The minimum Gasteiger partial charge on any atom is -0.450 e. The van der Waals surface area contributed by atoms with Crippen LogP contribution in [0.3, 0.4) is 0 Å². The van der Waals surface area contributed by atoms with Crippen molar-refractivity contribution in [3.63, 3.8) is 0 Å². The molecule has 2 aromatic carbocycles. The molecule has 3 rings (SSSR count). The summed E-state index contributed by atoms with van der Waals surface area (Å²) in [5.41, 5.74) is 2.55. The van der Waals surface area contributed by atoms with Gasteiger partial charge in [0.25, 0.3) is 0 Å². The van der Waals surface area contributed by atoms with E-state index in [1.54, 1.807) is 11.9 Å². The summed E-state index contributed by atoms with van der Waals surface area (Å²) in [5, 5.41) is 7.02. The summed E-state index contributed by atoms with van der Waals surface area (Å²) in [6, 6.07) is 21.4. The average Bonchev–Trinajstić information content (AvgIpc) is 2.80. The van der Waals surface area contributed by atoms with Crippen molar-refractivity contribution in [1.29, 1.82) is 0 Å². The van der Waals surface area contributed by atoms with Crippen molar-refractivity contribution in [2.24, 2.45) is 4.99 Å². The van der Waals surface area contributed by atoms with Gasteiger partial charge in [-0.2, -0.15) is 0 Å². The highest BCUT2D eigenvalue weighted by molar-refractivity contribution is 14.0. The number of nitrogens with zero attached hydrogens (tertiary/aromatic N) is 2. The van der Waals surface area contributed by atoms with Crippen molar-refractivity contribution in [1.82, 2.24) is 15.5 Å². The number of amides is 1. The largest absolute Gasteiger partial charge is 0.450 e. The van der Waals surface area contributed by atoms with Crippen LogP contribution in [0.15, 0.2) is 65.7 Å². The fraction of sp³-hybridized carbons (Fsp3) is 0.417. The molecule has 1 saturated heterocycles. The Labute approximate surface area is 202 Å². The molecule has 0 radical (unpaired) electrons. The summed E-state index contributed by atoms with van der Waals surface area (Å²) in [5.74, 6) is 1.03. The number of aliphatic imine (C=N–C) groups is 1. The molecule has 6 nitrogen and oxygen atoms in total. The molecule has 2 aromatic rings. The second-order valence-corrected chi connectivity index (χ2v) is 7.43. The van der Waals surface area contributed by atoms with E-state index in [4.69, 9.17) is 4.74 Å². The van der Waals surface area contributed by atoms with E-state index in [1.807, 2.05) is 19.1 Å². The zero-order valence-electron chi connectivity index (χ0n) is 18.3. The maximum absolute atomic E-state index is 11.9. The molecule has 0 aromatic heterocycles. The second-order valence-electron chi connectivity index (χ2n) is 7.43. The molecule has 31 heavy (non-hydrogen) atoms. The quantitative estimate of drug-likeness (QED) is 0.330. The minimum absolute atomic E-state index is 0. The highest BCUT2D eigenvalue weighted by atomic mass is 127. The number of hydrogen-bond donors (Lipinski definition) is 2. The van der Waals surface area contributed by atoms with Gasteiger partial charge in [-0.25, -0.2) is 4.79 Å². The molecule has 1 aliphatic rings. The van der Waals surface area contributed by atoms with Crippen LogP contribution in [0, 0.1) is 0 Å². The fourth-order valence-corrected chi connectivity index (χ4v) is 3.81. The lowest BCUT2D eigenvalue weighted by molar-refractivity contribution is 0.0963. The zero-order chi connectivity index (χ0) is 21.2. The van der Waals surface area contributed by atoms with Crippen LogP contribution in [0.1, 0.15) is 36.8 Å². The number of carbonyl (C=O) groups is 1. The van der Waals surface area contributed by atoms with Gasteiger partial charge in [-0.3, -0.25) is 4.99 Å². The van der Waals surface area contributed by atoms with E-state index in [0.29, 0.717) is 19.7 Å². The number of halogens is 1. The molecule has 0 unspecified atom stereocenters. The Morgan fingerprint density at radius 2 is 1.61 bits per heavy atom. The smallest absolute Gasteiger partial charge is 0.409 e. The Bertz CT molecular complexity index is 769. The van der Waals surface area contributed by atoms with Crippen molar-refractivity contribution >= 4 is 36.0 Å². The first kappa shape index (κ1) is 25.0. The molecule has 0 aliphatic carbocycles. The van der Waals surface area contributed by atoms with E-state index in [9.17, 15) is 4.79 Å². The molecule has 2 N–H and O–H groups in total. The number of hydrogen-bond acceptors (Lipinski definition) is 3. The minimum atomic E-state index is -0.216. The van der Waals surface area contributed by atoms with Gasteiger partial charge in [0.1, 0.15) is 0 Å². The van der Waals surface area contributed by atoms with Gasteiger partial charge < -0.3 is 20.3 Å². The monoisotopic (exact) mass is 536 g/mol. The molecular formula is C24H33IN4O2. The number of carbonyl (C=O) groups excluding carboxylic acids is 1. The van der Waals surface area contributed by atoms with Gasteiger partial charge in [0.2, 0.25) is 0 Å². The van der Waals surface area contributed by atoms with Gasteiger partial charge in [-0.15, -0.1) is 24.0 Å². The first-order valence-corrected chi connectivity index (χ1v) is 10.7. The van der Waals surface area contributed by atoms with Crippen LogP contribution in [-0.4, -0.2) is 56.3 Å².